The molecule has 0 amide bonds. The van der Waals surface area contributed by atoms with Crippen LogP contribution in [0.5, 0.6) is 0 Å². The predicted octanol–water partition coefficient (Wildman–Crippen LogP) is 2.04. The van der Waals surface area contributed by atoms with E-state index in [4.69, 9.17) is 0 Å². The van der Waals surface area contributed by atoms with Crippen molar-refractivity contribution in [1.29, 1.82) is 0 Å². The molecule has 0 fully saturated rings. The minimum Gasteiger partial charge on any atom is -0.340 e. The molecule has 1 aromatic rings. The number of carbonyl (C=O) groups excluding carboxylic acids is 1. The molecule has 0 aliphatic carbocycles. The van der Waals surface area contributed by atoms with E-state index >= 15 is 0 Å². The Kier molecular flexibility index (Phi) is 3.23. The summed E-state index contributed by atoms with van der Waals surface area (Å²) in [7, 11) is 1.87. The van der Waals surface area contributed by atoms with E-state index in [0.29, 0.717) is 18.0 Å². The Bertz CT molecular complexity index is 289. The van der Waals surface area contributed by atoms with Crippen molar-refractivity contribution in [2.45, 2.75) is 26.7 Å². The number of rotatable bonds is 4. The standard InChI is InChI=1S/C10H16N2O/c1-8(2)4-5-10(13)9-6-12(3)7-11-9/h6-8H,4-5H2,1-3H3. The van der Waals surface area contributed by atoms with Gasteiger partial charge in [0, 0.05) is 19.7 Å². The maximum Gasteiger partial charge on any atom is 0.182 e. The molecule has 1 rings (SSSR count). The molecule has 0 aliphatic heterocycles. The number of imidazole rings is 1. The Labute approximate surface area is 78.8 Å². The Balaban J connectivity index is 2.49. The van der Waals surface area contributed by atoms with Crippen LogP contribution in [-0.2, 0) is 7.05 Å². The van der Waals surface area contributed by atoms with E-state index in [1.54, 1.807) is 17.1 Å². The van der Waals surface area contributed by atoms with Gasteiger partial charge in [-0.15, -0.1) is 0 Å². The molecule has 0 radical (unpaired) electrons. The topological polar surface area (TPSA) is 34.9 Å². The monoisotopic (exact) mass is 180 g/mol. The number of nitrogens with zero attached hydrogens (tertiary/aromatic N) is 2. The zero-order valence-corrected chi connectivity index (χ0v) is 8.45. The summed E-state index contributed by atoms with van der Waals surface area (Å²) in [5.74, 6) is 0.724. The fourth-order valence-electron chi connectivity index (χ4n) is 1.10. The number of hydrogen-bond acceptors (Lipinski definition) is 2. The molecule has 0 unspecified atom stereocenters. The van der Waals surface area contributed by atoms with Gasteiger partial charge in [0.1, 0.15) is 5.69 Å². The van der Waals surface area contributed by atoms with Crippen LogP contribution < -0.4 is 0 Å². The normalized spacial score (nSPS) is 10.8. The number of hydrogen-bond donors (Lipinski definition) is 0. The summed E-state index contributed by atoms with van der Waals surface area (Å²) in [5, 5.41) is 0. The van der Waals surface area contributed by atoms with E-state index in [9.17, 15) is 4.79 Å². The summed E-state index contributed by atoms with van der Waals surface area (Å²) in [6.45, 7) is 4.23. The Morgan fingerprint density at radius 1 is 1.62 bits per heavy atom. The van der Waals surface area contributed by atoms with Crippen molar-refractivity contribution in [3.63, 3.8) is 0 Å². The predicted molar refractivity (Wildman–Crippen MR) is 51.6 cm³/mol. The second kappa shape index (κ2) is 4.21. The van der Waals surface area contributed by atoms with Crippen molar-refractivity contribution in [3.05, 3.63) is 18.2 Å². The van der Waals surface area contributed by atoms with Crippen LogP contribution in [-0.4, -0.2) is 15.3 Å². The van der Waals surface area contributed by atoms with Crippen LogP contribution in [0.2, 0.25) is 0 Å². The van der Waals surface area contributed by atoms with Gasteiger partial charge in [-0.25, -0.2) is 4.98 Å². The molecule has 0 aliphatic rings. The van der Waals surface area contributed by atoms with Gasteiger partial charge in [0.25, 0.3) is 0 Å². The highest BCUT2D eigenvalue weighted by Crippen LogP contribution is 2.08. The van der Waals surface area contributed by atoms with E-state index in [0.717, 1.165) is 6.42 Å². The summed E-state index contributed by atoms with van der Waals surface area (Å²) in [6, 6.07) is 0. The molecular weight excluding hydrogens is 164 g/mol. The lowest BCUT2D eigenvalue weighted by Crippen LogP contribution is -2.01. The first-order valence-electron chi connectivity index (χ1n) is 4.60. The second-order valence-electron chi connectivity index (χ2n) is 3.78. The molecule has 0 aromatic carbocycles. The zero-order chi connectivity index (χ0) is 9.84. The molecule has 3 nitrogen and oxygen atoms in total. The Morgan fingerprint density at radius 3 is 2.77 bits per heavy atom. The molecule has 0 atom stereocenters. The lowest BCUT2D eigenvalue weighted by atomic mass is 10.0. The van der Waals surface area contributed by atoms with Gasteiger partial charge in [-0.3, -0.25) is 4.79 Å². The molecule has 1 aromatic heterocycles. The third-order valence-electron chi connectivity index (χ3n) is 1.94. The smallest absolute Gasteiger partial charge is 0.182 e. The highest BCUT2D eigenvalue weighted by Gasteiger charge is 2.08. The van der Waals surface area contributed by atoms with Crippen molar-refractivity contribution in [3.8, 4) is 0 Å². The first-order chi connectivity index (χ1) is 6.09. The molecular formula is C10H16N2O. The second-order valence-corrected chi connectivity index (χ2v) is 3.78. The van der Waals surface area contributed by atoms with Crippen molar-refractivity contribution in [1.82, 2.24) is 9.55 Å². The summed E-state index contributed by atoms with van der Waals surface area (Å²) < 4.78 is 1.79. The van der Waals surface area contributed by atoms with E-state index < -0.39 is 0 Å². The van der Waals surface area contributed by atoms with E-state index in [-0.39, 0.29) is 5.78 Å². The largest absolute Gasteiger partial charge is 0.340 e. The van der Waals surface area contributed by atoms with Gasteiger partial charge in [0.05, 0.1) is 6.33 Å². The molecule has 3 heteroatoms. The number of aryl methyl sites for hydroxylation is 1. The number of ketones is 1. The zero-order valence-electron chi connectivity index (χ0n) is 8.45. The fraction of sp³-hybridized carbons (Fsp3) is 0.600. The maximum absolute atomic E-state index is 11.5. The van der Waals surface area contributed by atoms with Gasteiger partial charge >= 0.3 is 0 Å². The Hall–Kier alpha value is -1.12. The summed E-state index contributed by atoms with van der Waals surface area (Å²) in [5.41, 5.74) is 0.586. The quantitative estimate of drug-likeness (QED) is 0.664. The van der Waals surface area contributed by atoms with E-state index in [1.807, 2.05) is 7.05 Å². The minimum absolute atomic E-state index is 0.148. The van der Waals surface area contributed by atoms with E-state index in [1.165, 1.54) is 0 Å². The van der Waals surface area contributed by atoms with Crippen LogP contribution in [0.25, 0.3) is 0 Å². The average Bonchev–Trinajstić information content (AvgIpc) is 2.47. The number of aromatic nitrogens is 2. The molecule has 13 heavy (non-hydrogen) atoms. The summed E-state index contributed by atoms with van der Waals surface area (Å²) >= 11 is 0. The lowest BCUT2D eigenvalue weighted by Gasteiger charge is -2.00. The molecule has 72 valence electrons. The van der Waals surface area contributed by atoms with Crippen molar-refractivity contribution in [2.75, 3.05) is 0 Å². The van der Waals surface area contributed by atoms with Crippen molar-refractivity contribution >= 4 is 5.78 Å². The van der Waals surface area contributed by atoms with Crippen LogP contribution in [0.3, 0.4) is 0 Å². The third-order valence-corrected chi connectivity index (χ3v) is 1.94. The maximum atomic E-state index is 11.5. The van der Waals surface area contributed by atoms with Crippen LogP contribution in [0.15, 0.2) is 12.5 Å². The van der Waals surface area contributed by atoms with Crippen molar-refractivity contribution in [2.24, 2.45) is 13.0 Å². The van der Waals surface area contributed by atoms with Crippen LogP contribution in [0.4, 0.5) is 0 Å². The minimum atomic E-state index is 0.148. The Morgan fingerprint density at radius 2 is 2.31 bits per heavy atom. The molecule has 0 bridgehead atoms. The van der Waals surface area contributed by atoms with Gasteiger partial charge in [0.2, 0.25) is 0 Å². The van der Waals surface area contributed by atoms with Crippen LogP contribution >= 0.6 is 0 Å². The number of carbonyl (C=O) groups is 1. The van der Waals surface area contributed by atoms with Gasteiger partial charge in [-0.1, -0.05) is 13.8 Å². The summed E-state index contributed by atoms with van der Waals surface area (Å²) in [6.07, 6.45) is 4.97. The summed E-state index contributed by atoms with van der Waals surface area (Å²) in [4.78, 5) is 15.5. The molecule has 0 N–H and O–H groups in total. The first kappa shape index (κ1) is 9.96. The molecule has 0 saturated carbocycles. The molecule has 1 heterocycles. The van der Waals surface area contributed by atoms with E-state index in [2.05, 4.69) is 18.8 Å². The highest BCUT2D eigenvalue weighted by atomic mass is 16.1. The fourth-order valence-corrected chi connectivity index (χ4v) is 1.10. The van der Waals surface area contributed by atoms with Crippen LogP contribution in [0, 0.1) is 5.92 Å². The first-order valence-corrected chi connectivity index (χ1v) is 4.60. The lowest BCUT2D eigenvalue weighted by molar-refractivity contribution is 0.0971. The van der Waals surface area contributed by atoms with Gasteiger partial charge in [-0.05, 0) is 12.3 Å². The molecule has 0 spiro atoms. The highest BCUT2D eigenvalue weighted by molar-refractivity contribution is 5.93. The van der Waals surface area contributed by atoms with Crippen molar-refractivity contribution < 1.29 is 4.79 Å². The molecule has 0 saturated heterocycles. The van der Waals surface area contributed by atoms with Crippen LogP contribution in [0.1, 0.15) is 37.2 Å². The third kappa shape index (κ3) is 3.01. The van der Waals surface area contributed by atoms with Gasteiger partial charge in [-0.2, -0.15) is 0 Å². The average molecular weight is 180 g/mol. The number of Topliss-reactive ketones (excluding diaryl/α,β-unsaturated/α-hetero) is 1. The van der Waals surface area contributed by atoms with Gasteiger partial charge < -0.3 is 4.57 Å². The SMILES string of the molecule is CC(C)CCC(=O)c1cn(C)cn1. The van der Waals surface area contributed by atoms with Gasteiger partial charge in [0.15, 0.2) is 5.78 Å².